The Morgan fingerprint density at radius 2 is 2.05 bits per heavy atom. The summed E-state index contributed by atoms with van der Waals surface area (Å²) in [6.07, 6.45) is 0.631. The number of amides is 2. The minimum atomic E-state index is -0.978. The molecule has 1 aliphatic rings. The summed E-state index contributed by atoms with van der Waals surface area (Å²) in [5.74, 6) is -1.31. The highest BCUT2D eigenvalue weighted by Crippen LogP contribution is 2.29. The van der Waals surface area contributed by atoms with Crippen molar-refractivity contribution in [2.45, 2.75) is 13.3 Å². The molecule has 6 nitrogen and oxygen atoms in total. The predicted octanol–water partition coefficient (Wildman–Crippen LogP) is 0.752. The number of hydrogen-bond donors (Lipinski definition) is 1. The number of hydrogen-bond acceptors (Lipinski definition) is 3. The number of nitrogens with zero attached hydrogens (tertiary/aromatic N) is 2. The van der Waals surface area contributed by atoms with Crippen molar-refractivity contribution in [2.24, 2.45) is 0 Å². The Morgan fingerprint density at radius 3 is 2.65 bits per heavy atom. The van der Waals surface area contributed by atoms with Gasteiger partial charge in [-0.25, -0.2) is 4.79 Å². The number of aromatic carboxylic acids is 1. The van der Waals surface area contributed by atoms with E-state index in [1.54, 1.807) is 24.1 Å². The maximum absolute atomic E-state index is 12.2. The van der Waals surface area contributed by atoms with E-state index in [1.165, 1.54) is 17.9 Å². The standard InChI is InChI=1S/C14H16N2O4/c1-9(17)15(2)8-13(18)16-6-5-10-7-11(14(19)20)3-4-12(10)16/h3-4,7H,5-6,8H2,1-2H3,(H,19,20). The minimum Gasteiger partial charge on any atom is -0.478 e. The van der Waals surface area contributed by atoms with Gasteiger partial charge in [0.1, 0.15) is 0 Å². The van der Waals surface area contributed by atoms with Crippen LogP contribution in [0.1, 0.15) is 22.8 Å². The summed E-state index contributed by atoms with van der Waals surface area (Å²) >= 11 is 0. The first kappa shape index (κ1) is 14.0. The topological polar surface area (TPSA) is 77.9 Å². The Morgan fingerprint density at radius 1 is 1.35 bits per heavy atom. The van der Waals surface area contributed by atoms with Crippen LogP contribution >= 0.6 is 0 Å². The van der Waals surface area contributed by atoms with E-state index in [-0.39, 0.29) is 23.9 Å². The van der Waals surface area contributed by atoms with Crippen LogP contribution in [0.3, 0.4) is 0 Å². The number of carbonyl (C=O) groups is 3. The third-order valence-corrected chi connectivity index (χ3v) is 3.43. The van der Waals surface area contributed by atoms with E-state index in [9.17, 15) is 14.4 Å². The first-order valence-electron chi connectivity index (χ1n) is 6.28. The molecule has 2 amide bonds. The lowest BCUT2D eigenvalue weighted by Crippen LogP contribution is -2.39. The van der Waals surface area contributed by atoms with Gasteiger partial charge >= 0.3 is 5.97 Å². The Hall–Kier alpha value is -2.37. The number of carboxylic acids is 1. The number of carboxylic acid groups (broad SMARTS) is 1. The molecule has 0 aromatic heterocycles. The predicted molar refractivity (Wildman–Crippen MR) is 72.8 cm³/mol. The van der Waals surface area contributed by atoms with Crippen molar-refractivity contribution in [1.29, 1.82) is 0 Å². The molecule has 0 radical (unpaired) electrons. The van der Waals surface area contributed by atoms with Gasteiger partial charge in [-0.3, -0.25) is 9.59 Å². The summed E-state index contributed by atoms with van der Waals surface area (Å²) in [7, 11) is 1.57. The number of benzene rings is 1. The number of fused-ring (bicyclic) bond motifs is 1. The van der Waals surface area contributed by atoms with Gasteiger partial charge in [-0.05, 0) is 30.2 Å². The van der Waals surface area contributed by atoms with Crippen LogP contribution in [0.15, 0.2) is 18.2 Å². The molecule has 0 unspecified atom stereocenters. The van der Waals surface area contributed by atoms with Crippen molar-refractivity contribution in [2.75, 3.05) is 25.0 Å². The summed E-state index contributed by atoms with van der Waals surface area (Å²) in [6, 6.07) is 4.73. The van der Waals surface area contributed by atoms with Gasteiger partial charge in [0.15, 0.2) is 0 Å². The lowest BCUT2D eigenvalue weighted by molar-refractivity contribution is -0.132. The lowest BCUT2D eigenvalue weighted by Gasteiger charge is -2.21. The smallest absolute Gasteiger partial charge is 0.335 e. The van der Waals surface area contributed by atoms with Gasteiger partial charge in [0.2, 0.25) is 11.8 Å². The van der Waals surface area contributed by atoms with Crippen LogP contribution in [0.4, 0.5) is 5.69 Å². The summed E-state index contributed by atoms with van der Waals surface area (Å²) in [6.45, 7) is 1.95. The molecule has 106 valence electrons. The fourth-order valence-electron chi connectivity index (χ4n) is 2.19. The molecule has 6 heteroatoms. The molecule has 0 spiro atoms. The van der Waals surface area contributed by atoms with Crippen molar-refractivity contribution in [3.8, 4) is 0 Å². The summed E-state index contributed by atoms with van der Waals surface area (Å²) in [4.78, 5) is 37.2. The highest BCUT2D eigenvalue weighted by atomic mass is 16.4. The van der Waals surface area contributed by atoms with E-state index in [4.69, 9.17) is 5.11 Å². The number of rotatable bonds is 3. The Labute approximate surface area is 116 Å². The number of carbonyl (C=O) groups excluding carboxylic acids is 2. The van der Waals surface area contributed by atoms with Gasteiger partial charge in [-0.15, -0.1) is 0 Å². The maximum Gasteiger partial charge on any atom is 0.335 e. The molecule has 1 aromatic carbocycles. The fourth-order valence-corrected chi connectivity index (χ4v) is 2.19. The fraction of sp³-hybridized carbons (Fsp3) is 0.357. The zero-order chi connectivity index (χ0) is 14.9. The van der Waals surface area contributed by atoms with E-state index in [0.29, 0.717) is 13.0 Å². The van der Waals surface area contributed by atoms with Crippen molar-refractivity contribution < 1.29 is 19.5 Å². The van der Waals surface area contributed by atoms with E-state index >= 15 is 0 Å². The summed E-state index contributed by atoms with van der Waals surface area (Å²) < 4.78 is 0. The Bertz CT molecular complexity index is 583. The zero-order valence-electron chi connectivity index (χ0n) is 11.4. The van der Waals surface area contributed by atoms with E-state index < -0.39 is 5.97 Å². The van der Waals surface area contributed by atoms with Gasteiger partial charge in [-0.2, -0.15) is 0 Å². The van der Waals surface area contributed by atoms with E-state index in [0.717, 1.165) is 11.3 Å². The molecular weight excluding hydrogens is 260 g/mol. The molecule has 0 atom stereocenters. The third-order valence-electron chi connectivity index (χ3n) is 3.43. The lowest BCUT2D eigenvalue weighted by atomic mass is 10.1. The minimum absolute atomic E-state index is 0.0233. The van der Waals surface area contributed by atoms with Crippen molar-refractivity contribution in [1.82, 2.24) is 4.90 Å². The summed E-state index contributed by atoms with van der Waals surface area (Å²) in [5.41, 5.74) is 1.81. The highest BCUT2D eigenvalue weighted by molar-refractivity contribution is 5.99. The van der Waals surface area contributed by atoms with Crippen molar-refractivity contribution in [3.05, 3.63) is 29.3 Å². The first-order chi connectivity index (χ1) is 9.40. The van der Waals surface area contributed by atoms with Crippen molar-refractivity contribution >= 4 is 23.5 Å². The van der Waals surface area contributed by atoms with Gasteiger partial charge < -0.3 is 14.9 Å². The Kier molecular flexibility index (Phi) is 3.74. The zero-order valence-corrected chi connectivity index (χ0v) is 11.4. The normalized spacial score (nSPS) is 13.0. The first-order valence-corrected chi connectivity index (χ1v) is 6.28. The molecule has 1 heterocycles. The Balaban J connectivity index is 2.18. The monoisotopic (exact) mass is 276 g/mol. The van der Waals surface area contributed by atoms with Crippen molar-refractivity contribution in [3.63, 3.8) is 0 Å². The molecule has 2 rings (SSSR count). The second kappa shape index (κ2) is 5.32. The van der Waals surface area contributed by atoms with Crippen LogP contribution < -0.4 is 4.90 Å². The van der Waals surface area contributed by atoms with E-state index in [1.807, 2.05) is 0 Å². The second-order valence-corrected chi connectivity index (χ2v) is 4.82. The van der Waals surface area contributed by atoms with Gasteiger partial charge in [-0.1, -0.05) is 0 Å². The SMILES string of the molecule is CC(=O)N(C)CC(=O)N1CCc2cc(C(=O)O)ccc21. The average molecular weight is 276 g/mol. The molecule has 0 bridgehead atoms. The average Bonchev–Trinajstić information content (AvgIpc) is 2.81. The van der Waals surface area contributed by atoms with Gasteiger partial charge in [0.05, 0.1) is 12.1 Å². The van der Waals surface area contributed by atoms with Crippen LogP contribution in [-0.2, 0) is 16.0 Å². The molecular formula is C14H16N2O4. The number of likely N-dealkylation sites (N-methyl/N-ethyl adjacent to an activating group) is 1. The highest BCUT2D eigenvalue weighted by Gasteiger charge is 2.26. The molecule has 0 saturated carbocycles. The number of anilines is 1. The van der Waals surface area contributed by atoms with Crippen LogP contribution in [0.5, 0.6) is 0 Å². The third kappa shape index (κ3) is 2.64. The van der Waals surface area contributed by atoms with Crippen LogP contribution in [0, 0.1) is 0 Å². The quantitative estimate of drug-likeness (QED) is 0.883. The van der Waals surface area contributed by atoms with Gasteiger partial charge in [0, 0.05) is 26.2 Å². The van der Waals surface area contributed by atoms with Gasteiger partial charge in [0.25, 0.3) is 0 Å². The molecule has 0 fully saturated rings. The van der Waals surface area contributed by atoms with Crippen LogP contribution in [0.25, 0.3) is 0 Å². The molecule has 20 heavy (non-hydrogen) atoms. The summed E-state index contributed by atoms with van der Waals surface area (Å²) in [5, 5.41) is 8.95. The molecule has 1 aliphatic heterocycles. The van der Waals surface area contributed by atoms with E-state index in [2.05, 4.69) is 0 Å². The van der Waals surface area contributed by atoms with Crippen LogP contribution in [-0.4, -0.2) is 47.9 Å². The second-order valence-electron chi connectivity index (χ2n) is 4.82. The maximum atomic E-state index is 12.2. The molecule has 1 N–H and O–H groups in total. The van der Waals surface area contributed by atoms with Crippen LogP contribution in [0.2, 0.25) is 0 Å². The largest absolute Gasteiger partial charge is 0.478 e. The molecule has 1 aromatic rings. The molecule has 0 aliphatic carbocycles. The molecule has 0 saturated heterocycles.